The molecule has 0 unspecified atom stereocenters. The monoisotopic (exact) mass is 412 g/mol. The molecular weight excluding hydrogens is 398 g/mol. The van der Waals surface area contributed by atoms with Gasteiger partial charge in [0.2, 0.25) is 0 Å². The zero-order valence-corrected chi connectivity index (χ0v) is 15.6. The van der Waals surface area contributed by atoms with Gasteiger partial charge in [-0.2, -0.15) is 0 Å². The van der Waals surface area contributed by atoms with Gasteiger partial charge in [0.25, 0.3) is 5.91 Å². The molecule has 0 spiro atoms. The van der Waals surface area contributed by atoms with Gasteiger partial charge in [0.05, 0.1) is 15.6 Å². The molecule has 0 aromatic heterocycles. The van der Waals surface area contributed by atoms with Crippen LogP contribution in [-0.4, -0.2) is 24.0 Å². The van der Waals surface area contributed by atoms with Crippen LogP contribution in [0.2, 0.25) is 10.0 Å². The van der Waals surface area contributed by atoms with Gasteiger partial charge in [-0.15, -0.1) is 0 Å². The van der Waals surface area contributed by atoms with Gasteiger partial charge in [0.1, 0.15) is 5.82 Å². The largest absolute Gasteiger partial charge is 0.449 e. The quantitative estimate of drug-likeness (QED) is 0.578. The minimum absolute atomic E-state index is 0.125. The van der Waals surface area contributed by atoms with Crippen LogP contribution in [0.5, 0.6) is 0 Å². The molecule has 2 aromatic carbocycles. The number of carbonyl (C=O) groups excluding carboxylic acids is 3. The molecule has 0 aliphatic heterocycles. The normalized spacial score (nSPS) is 11.4. The topological polar surface area (TPSA) is 84.5 Å². The molecule has 0 saturated carbocycles. The minimum Gasteiger partial charge on any atom is -0.449 e. The lowest BCUT2D eigenvalue weighted by Crippen LogP contribution is -2.44. The number of carbonyl (C=O) groups is 3. The van der Waals surface area contributed by atoms with E-state index in [1.807, 2.05) is 35.6 Å². The van der Waals surface area contributed by atoms with Crippen LogP contribution in [0.3, 0.4) is 0 Å². The summed E-state index contributed by atoms with van der Waals surface area (Å²) in [5.41, 5.74) is 0.561. The fraction of sp³-hybridized carbons (Fsp3) is 0.167. The number of rotatable bonds is 5. The number of ether oxygens (including phenoxy) is 1. The molecule has 142 valence electrons. The molecule has 1 atom stereocenters. The zero-order chi connectivity index (χ0) is 20.0. The van der Waals surface area contributed by atoms with Gasteiger partial charge >= 0.3 is 12.0 Å². The van der Waals surface area contributed by atoms with Gasteiger partial charge in [0.15, 0.2) is 6.10 Å². The van der Waals surface area contributed by atoms with Crippen molar-refractivity contribution in [2.45, 2.75) is 19.6 Å². The van der Waals surface area contributed by atoms with Gasteiger partial charge in [-0.1, -0.05) is 53.5 Å². The summed E-state index contributed by atoms with van der Waals surface area (Å²) >= 11 is 11.4. The summed E-state index contributed by atoms with van der Waals surface area (Å²) in [6.07, 6.45) is -1.31. The van der Waals surface area contributed by atoms with Crippen LogP contribution >= 0.6 is 23.2 Å². The predicted molar refractivity (Wildman–Crippen MR) is 98.1 cm³/mol. The number of nitrogens with one attached hydrogen (secondary N) is 2. The van der Waals surface area contributed by atoms with E-state index in [1.54, 1.807) is 0 Å². The highest BCUT2D eigenvalue weighted by atomic mass is 35.5. The molecule has 3 amide bonds. The van der Waals surface area contributed by atoms with Crippen molar-refractivity contribution in [2.24, 2.45) is 0 Å². The number of hydrogen-bond donors (Lipinski definition) is 2. The SMILES string of the molecule is C[C@H](OC(=O)c1cc(F)c(Cl)cc1Cl)C(=O)NC(=O)NCc1ccccc1. The first-order chi connectivity index (χ1) is 12.8. The number of hydrogen-bond acceptors (Lipinski definition) is 4. The smallest absolute Gasteiger partial charge is 0.340 e. The summed E-state index contributed by atoms with van der Waals surface area (Å²) in [5, 5.41) is 4.17. The highest BCUT2D eigenvalue weighted by molar-refractivity contribution is 6.36. The van der Waals surface area contributed by atoms with Crippen molar-refractivity contribution in [3.05, 3.63) is 69.5 Å². The van der Waals surface area contributed by atoms with E-state index in [9.17, 15) is 18.8 Å². The van der Waals surface area contributed by atoms with Crippen LogP contribution in [0.15, 0.2) is 42.5 Å². The Balaban J connectivity index is 1.88. The van der Waals surface area contributed by atoms with E-state index in [4.69, 9.17) is 27.9 Å². The number of urea groups is 1. The second-order valence-corrected chi connectivity index (χ2v) is 6.27. The van der Waals surface area contributed by atoms with E-state index >= 15 is 0 Å². The van der Waals surface area contributed by atoms with E-state index < -0.39 is 29.8 Å². The van der Waals surface area contributed by atoms with Crippen molar-refractivity contribution in [1.29, 1.82) is 0 Å². The van der Waals surface area contributed by atoms with Crippen LogP contribution in [0, 0.1) is 5.82 Å². The fourth-order valence-electron chi connectivity index (χ4n) is 1.99. The summed E-state index contributed by atoms with van der Waals surface area (Å²) < 4.78 is 18.4. The number of esters is 1. The fourth-order valence-corrected chi connectivity index (χ4v) is 2.45. The van der Waals surface area contributed by atoms with E-state index in [0.717, 1.165) is 17.7 Å². The average Bonchev–Trinajstić information content (AvgIpc) is 2.63. The molecule has 0 radical (unpaired) electrons. The Morgan fingerprint density at radius 3 is 2.44 bits per heavy atom. The van der Waals surface area contributed by atoms with Crippen LogP contribution in [0.1, 0.15) is 22.8 Å². The summed E-state index contributed by atoms with van der Waals surface area (Å²) in [6, 6.07) is 10.2. The third-order valence-corrected chi connectivity index (χ3v) is 4.02. The molecule has 0 fully saturated rings. The minimum atomic E-state index is -1.31. The maximum absolute atomic E-state index is 13.5. The first-order valence-corrected chi connectivity index (χ1v) is 8.51. The van der Waals surface area contributed by atoms with E-state index in [-0.39, 0.29) is 22.2 Å². The lowest BCUT2D eigenvalue weighted by Gasteiger charge is -2.14. The second-order valence-electron chi connectivity index (χ2n) is 5.45. The zero-order valence-electron chi connectivity index (χ0n) is 14.1. The van der Waals surface area contributed by atoms with Crippen LogP contribution in [0.25, 0.3) is 0 Å². The molecule has 2 aromatic rings. The number of halogens is 3. The summed E-state index contributed by atoms with van der Waals surface area (Å²) in [5.74, 6) is -2.73. The molecule has 27 heavy (non-hydrogen) atoms. The van der Waals surface area contributed by atoms with Crippen molar-refractivity contribution in [3.63, 3.8) is 0 Å². The molecule has 0 heterocycles. The average molecular weight is 413 g/mol. The summed E-state index contributed by atoms with van der Waals surface area (Å²) in [4.78, 5) is 35.8. The van der Waals surface area contributed by atoms with Crippen LogP contribution in [-0.2, 0) is 16.1 Å². The number of amides is 3. The molecule has 0 bridgehead atoms. The van der Waals surface area contributed by atoms with Gasteiger partial charge in [-0.05, 0) is 24.6 Å². The van der Waals surface area contributed by atoms with Crippen molar-refractivity contribution in [3.8, 4) is 0 Å². The highest BCUT2D eigenvalue weighted by Crippen LogP contribution is 2.25. The number of benzene rings is 2. The van der Waals surface area contributed by atoms with Crippen molar-refractivity contribution in [2.75, 3.05) is 0 Å². The Kier molecular flexibility index (Phi) is 7.15. The van der Waals surface area contributed by atoms with E-state index in [2.05, 4.69) is 5.32 Å². The first-order valence-electron chi connectivity index (χ1n) is 7.76. The van der Waals surface area contributed by atoms with Crippen molar-refractivity contribution in [1.82, 2.24) is 10.6 Å². The highest BCUT2D eigenvalue weighted by Gasteiger charge is 2.23. The summed E-state index contributed by atoms with van der Waals surface area (Å²) in [7, 11) is 0. The number of imide groups is 1. The van der Waals surface area contributed by atoms with E-state index in [0.29, 0.717) is 0 Å². The maximum atomic E-state index is 13.5. The van der Waals surface area contributed by atoms with Crippen LogP contribution in [0.4, 0.5) is 9.18 Å². The van der Waals surface area contributed by atoms with Gasteiger partial charge < -0.3 is 10.1 Å². The maximum Gasteiger partial charge on any atom is 0.340 e. The molecule has 0 saturated heterocycles. The van der Waals surface area contributed by atoms with Crippen molar-refractivity contribution < 1.29 is 23.5 Å². The lowest BCUT2D eigenvalue weighted by atomic mass is 10.2. The molecule has 9 heteroatoms. The Hall–Kier alpha value is -2.64. The standard InChI is InChI=1S/C18H15Cl2FN2O4/c1-10(27-17(25)12-7-15(21)14(20)8-13(12)19)16(24)23-18(26)22-9-11-5-3-2-4-6-11/h2-8,10H,9H2,1H3,(H2,22,23,24,26)/t10-/m0/s1. The van der Waals surface area contributed by atoms with Crippen LogP contribution < -0.4 is 10.6 Å². The second kappa shape index (κ2) is 9.34. The molecule has 0 aliphatic rings. The Labute approximate surface area is 164 Å². The summed E-state index contributed by atoms with van der Waals surface area (Å²) in [6.45, 7) is 1.48. The van der Waals surface area contributed by atoms with Gasteiger partial charge in [-0.3, -0.25) is 10.1 Å². The van der Waals surface area contributed by atoms with Gasteiger partial charge in [0, 0.05) is 6.54 Å². The Bertz CT molecular complexity index is 862. The Morgan fingerprint density at radius 2 is 1.78 bits per heavy atom. The predicted octanol–water partition coefficient (Wildman–Crippen LogP) is 3.70. The van der Waals surface area contributed by atoms with E-state index in [1.165, 1.54) is 6.92 Å². The third-order valence-electron chi connectivity index (χ3n) is 3.42. The Morgan fingerprint density at radius 1 is 1.11 bits per heavy atom. The molecule has 0 aliphatic carbocycles. The first kappa shape index (κ1) is 20.7. The molecule has 6 nitrogen and oxygen atoms in total. The molecule has 2 N–H and O–H groups in total. The molecular formula is C18H15Cl2FN2O4. The molecule has 2 rings (SSSR count). The van der Waals surface area contributed by atoms with Gasteiger partial charge in [-0.25, -0.2) is 14.0 Å². The lowest BCUT2D eigenvalue weighted by molar-refractivity contribution is -0.127. The third kappa shape index (κ3) is 5.94. The van der Waals surface area contributed by atoms with Crippen molar-refractivity contribution >= 4 is 41.1 Å².